The quantitative estimate of drug-likeness (QED) is 0.311. The third kappa shape index (κ3) is 3.31. The van der Waals surface area contributed by atoms with Crippen LogP contribution in [0.2, 0.25) is 0 Å². The molecular weight excluding hydrogens is 336 g/mol. The lowest BCUT2D eigenvalue weighted by molar-refractivity contribution is 0.426. The molecule has 0 aliphatic heterocycles. The number of hydrogen-bond donors (Lipinski definition) is 0. The van der Waals surface area contributed by atoms with Gasteiger partial charge in [-0.1, -0.05) is 60.7 Å². The van der Waals surface area contributed by atoms with Crippen LogP contribution in [0.1, 0.15) is 16.4 Å². The van der Waals surface area contributed by atoms with E-state index in [9.17, 15) is 17.6 Å². The highest BCUT2D eigenvalue weighted by atomic mass is 32.2. The minimum Gasteiger partial charge on any atom is -0.204 e. The van der Waals surface area contributed by atoms with Crippen LogP contribution in [0.4, 0.5) is 17.6 Å². The smallest absolute Gasteiger partial charge is 0.175 e. The third-order valence-corrected chi connectivity index (χ3v) is 4.89. The predicted molar refractivity (Wildman–Crippen MR) is 86.9 cm³/mol. The summed E-state index contributed by atoms with van der Waals surface area (Å²) in [6, 6.07) is 18.2. The van der Waals surface area contributed by atoms with Crippen molar-refractivity contribution in [3.05, 3.63) is 101 Å². The number of halogens is 4. The average Bonchev–Trinajstić information content (AvgIpc) is 2.62. The van der Waals surface area contributed by atoms with E-state index in [-0.39, 0.29) is 6.07 Å². The molecular formula is C19H12F4S. The molecule has 0 aromatic heterocycles. The molecule has 0 heterocycles. The van der Waals surface area contributed by atoms with Crippen molar-refractivity contribution in [2.45, 2.75) is 10.1 Å². The molecule has 0 atom stereocenters. The Bertz CT molecular complexity index is 769. The molecule has 24 heavy (non-hydrogen) atoms. The standard InChI is InChI=1S/C19H12F4S/c20-14-11-15(21)17(23)19(16(14)22)24-18(12-7-3-1-4-8-12)13-9-5-2-6-10-13/h1-11,18H. The molecule has 0 saturated carbocycles. The normalized spacial score (nSPS) is 11.0. The van der Waals surface area contributed by atoms with Crippen LogP contribution in [0.3, 0.4) is 0 Å². The second kappa shape index (κ2) is 7.09. The van der Waals surface area contributed by atoms with Gasteiger partial charge < -0.3 is 0 Å². The molecule has 0 bridgehead atoms. The summed E-state index contributed by atoms with van der Waals surface area (Å²) < 4.78 is 55.0. The Morgan fingerprint density at radius 2 is 1.04 bits per heavy atom. The SMILES string of the molecule is Fc1cc(F)c(F)c(SC(c2ccccc2)c2ccccc2)c1F. The van der Waals surface area contributed by atoms with Crippen LogP contribution in [0.25, 0.3) is 0 Å². The topological polar surface area (TPSA) is 0 Å². The monoisotopic (exact) mass is 348 g/mol. The fraction of sp³-hybridized carbons (Fsp3) is 0.0526. The van der Waals surface area contributed by atoms with Crippen molar-refractivity contribution in [1.29, 1.82) is 0 Å². The summed E-state index contributed by atoms with van der Waals surface area (Å²) in [7, 11) is 0. The molecule has 3 rings (SSSR count). The summed E-state index contributed by atoms with van der Waals surface area (Å²) >= 11 is 0.746. The van der Waals surface area contributed by atoms with Gasteiger partial charge in [0.25, 0.3) is 0 Å². The zero-order valence-corrected chi connectivity index (χ0v) is 13.2. The largest absolute Gasteiger partial charge is 0.204 e. The Kier molecular flexibility index (Phi) is 4.90. The van der Waals surface area contributed by atoms with Crippen LogP contribution < -0.4 is 0 Å². The van der Waals surface area contributed by atoms with Crippen molar-refractivity contribution in [3.8, 4) is 0 Å². The summed E-state index contributed by atoms with van der Waals surface area (Å²) in [4.78, 5) is -0.662. The van der Waals surface area contributed by atoms with Gasteiger partial charge in [0.15, 0.2) is 23.3 Å². The van der Waals surface area contributed by atoms with Crippen LogP contribution in [0, 0.1) is 23.3 Å². The summed E-state index contributed by atoms with van der Waals surface area (Å²) in [6.45, 7) is 0. The molecule has 0 radical (unpaired) electrons. The zero-order valence-electron chi connectivity index (χ0n) is 12.3. The van der Waals surface area contributed by atoms with Crippen LogP contribution in [-0.2, 0) is 0 Å². The molecule has 5 heteroatoms. The van der Waals surface area contributed by atoms with Gasteiger partial charge in [-0.3, -0.25) is 0 Å². The van der Waals surface area contributed by atoms with E-state index in [1.807, 2.05) is 12.1 Å². The van der Waals surface area contributed by atoms with Crippen molar-refractivity contribution in [3.63, 3.8) is 0 Å². The number of thioether (sulfide) groups is 1. The average molecular weight is 348 g/mol. The first kappa shape index (κ1) is 16.6. The van der Waals surface area contributed by atoms with E-state index in [1.54, 1.807) is 48.5 Å². The fourth-order valence-corrected chi connectivity index (χ4v) is 3.58. The second-order valence-electron chi connectivity index (χ2n) is 5.12. The number of hydrogen-bond acceptors (Lipinski definition) is 1. The van der Waals surface area contributed by atoms with Gasteiger partial charge in [-0.05, 0) is 11.1 Å². The highest BCUT2D eigenvalue weighted by Gasteiger charge is 2.24. The Balaban J connectivity index is 2.09. The van der Waals surface area contributed by atoms with Gasteiger partial charge in [0.2, 0.25) is 0 Å². The lowest BCUT2D eigenvalue weighted by Gasteiger charge is -2.18. The first-order chi connectivity index (χ1) is 11.6. The van der Waals surface area contributed by atoms with Gasteiger partial charge in [-0.15, -0.1) is 11.8 Å². The Morgan fingerprint density at radius 1 is 0.625 bits per heavy atom. The van der Waals surface area contributed by atoms with E-state index in [4.69, 9.17) is 0 Å². The lowest BCUT2D eigenvalue weighted by atomic mass is 10.0. The summed E-state index contributed by atoms with van der Waals surface area (Å²) in [5.41, 5.74) is 1.55. The molecule has 122 valence electrons. The van der Waals surface area contributed by atoms with E-state index >= 15 is 0 Å². The van der Waals surface area contributed by atoms with E-state index in [0.29, 0.717) is 0 Å². The van der Waals surface area contributed by atoms with Crippen molar-refractivity contribution in [2.75, 3.05) is 0 Å². The van der Waals surface area contributed by atoms with Crippen LogP contribution in [0.15, 0.2) is 71.6 Å². The summed E-state index contributed by atoms with van der Waals surface area (Å²) in [5, 5.41) is -0.502. The molecule has 0 saturated heterocycles. The molecule has 0 spiro atoms. The van der Waals surface area contributed by atoms with Gasteiger partial charge in [-0.25, -0.2) is 17.6 Å². The highest BCUT2D eigenvalue weighted by molar-refractivity contribution is 7.99. The summed E-state index contributed by atoms with van der Waals surface area (Å²) in [5.74, 6) is -5.57. The van der Waals surface area contributed by atoms with Crippen LogP contribution >= 0.6 is 11.8 Å². The van der Waals surface area contributed by atoms with Gasteiger partial charge in [0.1, 0.15) is 0 Å². The number of benzene rings is 3. The van der Waals surface area contributed by atoms with E-state index < -0.39 is 33.4 Å². The van der Waals surface area contributed by atoms with Crippen molar-refractivity contribution < 1.29 is 17.6 Å². The molecule has 3 aromatic carbocycles. The molecule has 3 aromatic rings. The first-order valence-electron chi connectivity index (χ1n) is 7.17. The van der Waals surface area contributed by atoms with E-state index in [1.165, 1.54) is 0 Å². The molecule has 0 fully saturated rings. The molecule has 0 nitrogen and oxygen atoms in total. The molecule has 0 aliphatic carbocycles. The minimum absolute atomic E-state index is 0.217. The lowest BCUT2D eigenvalue weighted by Crippen LogP contribution is -2.02. The zero-order chi connectivity index (χ0) is 17.1. The maximum Gasteiger partial charge on any atom is 0.175 e. The van der Waals surface area contributed by atoms with Crippen molar-refractivity contribution >= 4 is 11.8 Å². The van der Waals surface area contributed by atoms with Gasteiger partial charge >= 0.3 is 0 Å². The predicted octanol–water partition coefficient (Wildman–Crippen LogP) is 6.12. The van der Waals surface area contributed by atoms with Crippen molar-refractivity contribution in [1.82, 2.24) is 0 Å². The Hall–Kier alpha value is -2.27. The van der Waals surface area contributed by atoms with E-state index in [2.05, 4.69) is 0 Å². The van der Waals surface area contributed by atoms with Gasteiger partial charge in [0, 0.05) is 6.07 Å². The molecule has 0 N–H and O–H groups in total. The Labute approximate surface area is 141 Å². The van der Waals surface area contributed by atoms with E-state index in [0.717, 1.165) is 22.9 Å². The first-order valence-corrected chi connectivity index (χ1v) is 8.05. The number of rotatable bonds is 4. The van der Waals surface area contributed by atoms with Gasteiger partial charge in [0.05, 0.1) is 10.1 Å². The Morgan fingerprint density at radius 3 is 1.46 bits per heavy atom. The van der Waals surface area contributed by atoms with Crippen LogP contribution in [0.5, 0.6) is 0 Å². The third-order valence-electron chi connectivity index (χ3n) is 3.51. The van der Waals surface area contributed by atoms with Crippen molar-refractivity contribution in [2.24, 2.45) is 0 Å². The highest BCUT2D eigenvalue weighted by Crippen LogP contribution is 2.43. The molecule has 0 unspecified atom stereocenters. The molecule has 0 amide bonds. The maximum absolute atomic E-state index is 14.0. The maximum atomic E-state index is 14.0. The van der Waals surface area contributed by atoms with Gasteiger partial charge in [-0.2, -0.15) is 0 Å². The summed E-state index contributed by atoms with van der Waals surface area (Å²) in [6.07, 6.45) is 0. The minimum atomic E-state index is -1.41. The second-order valence-corrected chi connectivity index (χ2v) is 6.23. The molecule has 0 aliphatic rings. The van der Waals surface area contributed by atoms with Crippen LogP contribution in [-0.4, -0.2) is 0 Å². The fourth-order valence-electron chi connectivity index (χ4n) is 2.36.